The first-order chi connectivity index (χ1) is 12.2. The first kappa shape index (κ1) is 16.9. The summed E-state index contributed by atoms with van der Waals surface area (Å²) in [5.74, 6) is 1.51. The van der Waals surface area contributed by atoms with Crippen LogP contribution in [0, 0.1) is 0 Å². The van der Waals surface area contributed by atoms with Crippen LogP contribution in [-0.2, 0) is 12.8 Å². The van der Waals surface area contributed by atoms with Gasteiger partial charge in [0, 0.05) is 10.6 Å². The van der Waals surface area contributed by atoms with E-state index in [1.165, 1.54) is 40.7 Å². The summed E-state index contributed by atoms with van der Waals surface area (Å²) in [4.78, 5) is 12.2. The molecular formula is C20H23N3S2. The minimum absolute atomic E-state index is 0.548. The number of rotatable bonds is 4. The predicted molar refractivity (Wildman–Crippen MR) is 110 cm³/mol. The van der Waals surface area contributed by atoms with Crippen LogP contribution in [0.3, 0.4) is 0 Å². The first-order valence-electron chi connectivity index (χ1n) is 8.89. The fourth-order valence-corrected chi connectivity index (χ4v) is 5.09. The van der Waals surface area contributed by atoms with Crippen LogP contribution in [0.4, 0.5) is 11.5 Å². The lowest BCUT2D eigenvalue weighted by atomic mass is 9.97. The molecule has 2 heterocycles. The minimum atomic E-state index is 0.548. The highest BCUT2D eigenvalue weighted by atomic mass is 32.2. The number of nitrogens with zero attached hydrogens (tertiary/aromatic N) is 2. The van der Waals surface area contributed by atoms with Crippen molar-refractivity contribution in [2.24, 2.45) is 0 Å². The third-order valence-electron chi connectivity index (χ3n) is 4.82. The van der Waals surface area contributed by atoms with E-state index in [1.807, 2.05) is 17.6 Å². The third-order valence-corrected chi connectivity index (χ3v) is 6.55. The van der Waals surface area contributed by atoms with Crippen molar-refractivity contribution in [3.8, 4) is 0 Å². The summed E-state index contributed by atoms with van der Waals surface area (Å²) in [6.07, 6.45) is 6.94. The maximum Gasteiger partial charge on any atom is 0.190 e. The van der Waals surface area contributed by atoms with E-state index in [0.29, 0.717) is 5.92 Å². The fourth-order valence-electron chi connectivity index (χ4n) is 3.41. The number of hydrogen-bond acceptors (Lipinski definition) is 5. The average Bonchev–Trinajstić information content (AvgIpc) is 3.00. The number of anilines is 2. The van der Waals surface area contributed by atoms with Crippen LogP contribution in [0.15, 0.2) is 29.4 Å². The smallest absolute Gasteiger partial charge is 0.190 e. The van der Waals surface area contributed by atoms with Gasteiger partial charge in [-0.05, 0) is 61.1 Å². The molecule has 130 valence electrons. The molecule has 0 aliphatic heterocycles. The lowest BCUT2D eigenvalue weighted by Crippen LogP contribution is -2.02. The molecule has 1 aromatic carbocycles. The van der Waals surface area contributed by atoms with Crippen LogP contribution in [0.1, 0.15) is 48.6 Å². The zero-order valence-electron chi connectivity index (χ0n) is 14.9. The van der Waals surface area contributed by atoms with E-state index in [2.05, 4.69) is 43.4 Å². The summed E-state index contributed by atoms with van der Waals surface area (Å²) < 4.78 is 0. The topological polar surface area (TPSA) is 37.8 Å². The third kappa shape index (κ3) is 3.27. The van der Waals surface area contributed by atoms with Crippen LogP contribution < -0.4 is 5.32 Å². The van der Waals surface area contributed by atoms with E-state index in [9.17, 15) is 0 Å². The lowest BCUT2D eigenvalue weighted by molar-refractivity contribution is 0.700. The van der Waals surface area contributed by atoms with Gasteiger partial charge in [0.25, 0.3) is 0 Å². The Hall–Kier alpha value is -1.59. The number of benzene rings is 1. The number of fused-ring (bicyclic) bond motifs is 3. The van der Waals surface area contributed by atoms with Crippen molar-refractivity contribution >= 4 is 44.8 Å². The molecule has 0 saturated carbocycles. The summed E-state index contributed by atoms with van der Waals surface area (Å²) in [5, 5.41) is 5.65. The number of nitrogens with one attached hydrogen (secondary N) is 1. The van der Waals surface area contributed by atoms with Crippen molar-refractivity contribution in [3.63, 3.8) is 0 Å². The van der Waals surface area contributed by atoms with E-state index < -0.39 is 0 Å². The summed E-state index contributed by atoms with van der Waals surface area (Å²) in [5.41, 5.74) is 3.92. The highest BCUT2D eigenvalue weighted by Gasteiger charge is 2.21. The number of aryl methyl sites for hydroxylation is 2. The molecule has 3 nitrogen and oxygen atoms in total. The van der Waals surface area contributed by atoms with Gasteiger partial charge in [-0.25, -0.2) is 9.97 Å². The van der Waals surface area contributed by atoms with E-state index in [-0.39, 0.29) is 0 Å². The molecule has 1 aliphatic carbocycles. The van der Waals surface area contributed by atoms with Crippen LogP contribution in [0.2, 0.25) is 0 Å². The van der Waals surface area contributed by atoms with Crippen molar-refractivity contribution in [1.82, 2.24) is 9.97 Å². The van der Waals surface area contributed by atoms with Crippen molar-refractivity contribution < 1.29 is 0 Å². The van der Waals surface area contributed by atoms with Crippen LogP contribution >= 0.6 is 23.1 Å². The van der Waals surface area contributed by atoms with Gasteiger partial charge in [0.1, 0.15) is 10.6 Å². The van der Waals surface area contributed by atoms with E-state index in [0.717, 1.165) is 27.9 Å². The molecule has 4 rings (SSSR count). The molecule has 0 radical (unpaired) electrons. The highest BCUT2D eigenvalue weighted by molar-refractivity contribution is 7.98. The molecule has 0 amide bonds. The maximum atomic E-state index is 4.80. The van der Waals surface area contributed by atoms with Crippen LogP contribution in [0.25, 0.3) is 10.2 Å². The molecule has 2 aromatic heterocycles. The van der Waals surface area contributed by atoms with Gasteiger partial charge in [0.15, 0.2) is 5.16 Å². The van der Waals surface area contributed by atoms with Gasteiger partial charge in [-0.3, -0.25) is 0 Å². The van der Waals surface area contributed by atoms with Crippen molar-refractivity contribution in [2.45, 2.75) is 50.6 Å². The Kier molecular flexibility index (Phi) is 4.69. The second kappa shape index (κ2) is 6.96. The standard InChI is InChI=1S/C20H23N3S2/c1-12(2)13-8-10-14(11-9-13)21-18-17-15-6-4-5-7-16(15)25-19(17)23-20(22-18)24-3/h8-12H,4-7H2,1-3H3,(H,21,22,23). The van der Waals surface area contributed by atoms with Crippen molar-refractivity contribution in [2.75, 3.05) is 11.6 Å². The SMILES string of the molecule is CSc1nc(Nc2ccc(C(C)C)cc2)c2c3c(sc2n1)CCCC3. The Morgan fingerprint density at radius 3 is 2.56 bits per heavy atom. The zero-order valence-corrected chi connectivity index (χ0v) is 16.6. The van der Waals surface area contributed by atoms with Crippen LogP contribution in [0.5, 0.6) is 0 Å². The Balaban J connectivity index is 1.78. The number of aromatic nitrogens is 2. The van der Waals surface area contributed by atoms with E-state index in [4.69, 9.17) is 9.97 Å². The summed E-state index contributed by atoms with van der Waals surface area (Å²) in [6, 6.07) is 8.70. The second-order valence-corrected chi connectivity index (χ2v) is 8.71. The summed E-state index contributed by atoms with van der Waals surface area (Å²) in [6.45, 7) is 4.44. The number of thiophene rings is 1. The van der Waals surface area contributed by atoms with Gasteiger partial charge in [-0.2, -0.15) is 0 Å². The van der Waals surface area contributed by atoms with E-state index in [1.54, 1.807) is 11.8 Å². The molecule has 3 aromatic rings. The first-order valence-corrected chi connectivity index (χ1v) is 10.9. The van der Waals surface area contributed by atoms with Gasteiger partial charge in [0.05, 0.1) is 5.39 Å². The second-order valence-electron chi connectivity index (χ2n) is 6.85. The number of thioether (sulfide) groups is 1. The molecule has 0 fully saturated rings. The molecule has 0 unspecified atom stereocenters. The Labute approximate surface area is 157 Å². The van der Waals surface area contributed by atoms with Crippen molar-refractivity contribution in [1.29, 1.82) is 0 Å². The quantitative estimate of drug-likeness (QED) is 0.441. The molecule has 0 bridgehead atoms. The molecule has 1 N–H and O–H groups in total. The Bertz CT molecular complexity index is 897. The molecule has 5 heteroatoms. The normalized spacial score (nSPS) is 14.1. The predicted octanol–water partition coefficient (Wildman–Crippen LogP) is 6.16. The Morgan fingerprint density at radius 1 is 1.08 bits per heavy atom. The van der Waals surface area contributed by atoms with Gasteiger partial charge in [-0.15, -0.1) is 11.3 Å². The molecule has 0 atom stereocenters. The summed E-state index contributed by atoms with van der Waals surface area (Å²) in [7, 11) is 0. The molecule has 0 saturated heterocycles. The average molecular weight is 370 g/mol. The van der Waals surface area contributed by atoms with Gasteiger partial charge >= 0.3 is 0 Å². The maximum absolute atomic E-state index is 4.80. The van der Waals surface area contributed by atoms with Gasteiger partial charge in [-0.1, -0.05) is 37.7 Å². The van der Waals surface area contributed by atoms with Crippen molar-refractivity contribution in [3.05, 3.63) is 40.3 Å². The summed E-state index contributed by atoms with van der Waals surface area (Å²) >= 11 is 3.46. The minimum Gasteiger partial charge on any atom is -0.340 e. The molecular weight excluding hydrogens is 346 g/mol. The zero-order chi connectivity index (χ0) is 17.4. The van der Waals surface area contributed by atoms with Gasteiger partial charge in [0.2, 0.25) is 0 Å². The van der Waals surface area contributed by atoms with E-state index >= 15 is 0 Å². The monoisotopic (exact) mass is 369 g/mol. The fraction of sp³-hybridized carbons (Fsp3) is 0.400. The van der Waals surface area contributed by atoms with Gasteiger partial charge < -0.3 is 5.32 Å². The lowest BCUT2D eigenvalue weighted by Gasteiger charge is -2.13. The largest absolute Gasteiger partial charge is 0.340 e. The molecule has 1 aliphatic rings. The molecule has 25 heavy (non-hydrogen) atoms. The number of hydrogen-bond donors (Lipinski definition) is 1. The Morgan fingerprint density at radius 2 is 1.84 bits per heavy atom. The molecule has 0 spiro atoms. The van der Waals surface area contributed by atoms with Crippen LogP contribution in [-0.4, -0.2) is 16.2 Å². The highest BCUT2D eigenvalue weighted by Crippen LogP contribution is 2.40.